The van der Waals surface area contributed by atoms with E-state index in [2.05, 4.69) is 4.98 Å². The highest BCUT2D eigenvalue weighted by atomic mass is 19.4. The molecule has 0 fully saturated rings. The van der Waals surface area contributed by atoms with Gasteiger partial charge in [-0.3, -0.25) is 4.98 Å². The molecule has 1 aliphatic rings. The predicted molar refractivity (Wildman–Crippen MR) is 50.4 cm³/mol. The van der Waals surface area contributed by atoms with Gasteiger partial charge in [0.1, 0.15) is 0 Å². The van der Waals surface area contributed by atoms with Gasteiger partial charge in [-0.2, -0.15) is 13.2 Å². The molecule has 0 N–H and O–H groups in total. The maximum absolute atomic E-state index is 12.4. The Hall–Kier alpha value is -1.06. The van der Waals surface area contributed by atoms with Gasteiger partial charge in [-0.15, -0.1) is 0 Å². The summed E-state index contributed by atoms with van der Waals surface area (Å²) in [5.41, 5.74) is 0.960. The van der Waals surface area contributed by atoms with E-state index >= 15 is 0 Å². The topological polar surface area (TPSA) is 12.9 Å². The number of pyridine rings is 1. The van der Waals surface area contributed by atoms with Crippen LogP contribution in [0.5, 0.6) is 0 Å². The number of alkyl halides is 3. The van der Waals surface area contributed by atoms with Gasteiger partial charge < -0.3 is 0 Å². The lowest BCUT2D eigenvalue weighted by Crippen LogP contribution is -2.09. The molecule has 0 aliphatic heterocycles. The average Bonchev–Trinajstić information content (AvgIpc) is 2.34. The van der Waals surface area contributed by atoms with Gasteiger partial charge in [-0.1, -0.05) is 13.8 Å². The fraction of sp³-hybridized carbons (Fsp3) is 0.545. The Kier molecular flexibility index (Phi) is 2.07. The molecule has 1 aromatic heterocycles. The van der Waals surface area contributed by atoms with Gasteiger partial charge in [0, 0.05) is 11.9 Å². The Morgan fingerprint density at radius 2 is 1.93 bits per heavy atom. The third kappa shape index (κ3) is 1.98. The summed E-state index contributed by atoms with van der Waals surface area (Å²) in [4.78, 5) is 3.90. The number of hydrogen-bond donors (Lipinski definition) is 0. The van der Waals surface area contributed by atoms with Crippen molar-refractivity contribution in [1.29, 1.82) is 0 Å². The lowest BCUT2D eigenvalue weighted by molar-refractivity contribution is -0.137. The first-order chi connectivity index (χ1) is 6.78. The normalized spacial score (nSPS) is 19.0. The molecule has 0 amide bonds. The Labute approximate surface area is 86.3 Å². The molecule has 82 valence electrons. The molecule has 1 aliphatic carbocycles. The van der Waals surface area contributed by atoms with Crippen LogP contribution in [0.15, 0.2) is 12.3 Å². The first kappa shape index (κ1) is 10.5. The minimum absolute atomic E-state index is 0.0412. The first-order valence-electron chi connectivity index (χ1n) is 4.83. The van der Waals surface area contributed by atoms with E-state index in [9.17, 15) is 13.2 Å². The summed E-state index contributed by atoms with van der Waals surface area (Å²) in [6.07, 6.45) is -1.91. The van der Waals surface area contributed by atoms with Gasteiger partial charge in [0.2, 0.25) is 0 Å². The lowest BCUT2D eigenvalue weighted by Gasteiger charge is -2.14. The van der Waals surface area contributed by atoms with Crippen molar-refractivity contribution < 1.29 is 13.2 Å². The van der Waals surface area contributed by atoms with Gasteiger partial charge >= 0.3 is 6.18 Å². The largest absolute Gasteiger partial charge is 0.417 e. The van der Waals surface area contributed by atoms with Gasteiger partial charge in [0.25, 0.3) is 0 Å². The molecule has 0 saturated heterocycles. The summed E-state index contributed by atoms with van der Waals surface area (Å²) in [5.74, 6) is 0. The molecule has 0 bridgehead atoms. The SMILES string of the molecule is CC1(C)Cc2cc(C(F)(F)F)cnc2C1. The van der Waals surface area contributed by atoms with Gasteiger partial charge in [0.05, 0.1) is 5.56 Å². The molecular weight excluding hydrogens is 203 g/mol. The number of fused-ring (bicyclic) bond motifs is 1. The maximum Gasteiger partial charge on any atom is 0.417 e. The number of rotatable bonds is 0. The molecule has 1 aromatic rings. The molecule has 1 heterocycles. The number of halogens is 3. The van der Waals surface area contributed by atoms with E-state index in [0.29, 0.717) is 6.42 Å². The van der Waals surface area contributed by atoms with Crippen molar-refractivity contribution in [1.82, 2.24) is 4.98 Å². The van der Waals surface area contributed by atoms with Gasteiger partial charge in [-0.05, 0) is 29.9 Å². The molecule has 0 spiro atoms. The van der Waals surface area contributed by atoms with Crippen molar-refractivity contribution in [3.63, 3.8) is 0 Å². The Bertz CT molecular complexity index is 393. The van der Waals surface area contributed by atoms with Crippen molar-refractivity contribution in [3.05, 3.63) is 29.1 Å². The summed E-state index contributed by atoms with van der Waals surface area (Å²) < 4.78 is 37.2. The Morgan fingerprint density at radius 1 is 1.27 bits per heavy atom. The average molecular weight is 215 g/mol. The molecule has 2 rings (SSSR count). The van der Waals surface area contributed by atoms with E-state index in [1.54, 1.807) is 0 Å². The molecule has 0 radical (unpaired) electrons. The number of nitrogens with zero attached hydrogens (tertiary/aromatic N) is 1. The first-order valence-corrected chi connectivity index (χ1v) is 4.83. The van der Waals surface area contributed by atoms with Crippen LogP contribution in [0, 0.1) is 5.41 Å². The van der Waals surface area contributed by atoms with Crippen molar-refractivity contribution in [2.24, 2.45) is 5.41 Å². The molecule has 0 aromatic carbocycles. The quantitative estimate of drug-likeness (QED) is 0.647. The van der Waals surface area contributed by atoms with Crippen LogP contribution in [0.3, 0.4) is 0 Å². The Morgan fingerprint density at radius 3 is 2.53 bits per heavy atom. The van der Waals surface area contributed by atoms with Crippen LogP contribution in [-0.4, -0.2) is 4.98 Å². The molecule has 0 atom stereocenters. The molecule has 0 unspecified atom stereocenters. The fourth-order valence-corrected chi connectivity index (χ4v) is 2.04. The molecule has 1 nitrogen and oxygen atoms in total. The minimum atomic E-state index is -4.28. The predicted octanol–water partition coefficient (Wildman–Crippen LogP) is 3.23. The van der Waals surface area contributed by atoms with Gasteiger partial charge in [0.15, 0.2) is 0 Å². The highest BCUT2D eigenvalue weighted by Gasteiger charge is 2.35. The highest BCUT2D eigenvalue weighted by Crippen LogP contribution is 2.37. The Balaban J connectivity index is 2.39. The second kappa shape index (κ2) is 2.97. The smallest absolute Gasteiger partial charge is 0.260 e. The van der Waals surface area contributed by atoms with E-state index in [-0.39, 0.29) is 5.41 Å². The van der Waals surface area contributed by atoms with E-state index < -0.39 is 11.7 Å². The van der Waals surface area contributed by atoms with E-state index in [1.165, 1.54) is 6.07 Å². The van der Waals surface area contributed by atoms with Crippen LogP contribution in [0.2, 0.25) is 0 Å². The van der Waals surface area contributed by atoms with E-state index in [1.807, 2.05) is 13.8 Å². The summed E-state index contributed by atoms with van der Waals surface area (Å²) in [6.45, 7) is 4.09. The summed E-state index contributed by atoms with van der Waals surface area (Å²) in [7, 11) is 0. The third-order valence-electron chi connectivity index (χ3n) is 2.70. The second-order valence-corrected chi connectivity index (χ2v) is 4.85. The molecule has 15 heavy (non-hydrogen) atoms. The van der Waals surface area contributed by atoms with Crippen LogP contribution >= 0.6 is 0 Å². The molecule has 0 saturated carbocycles. The zero-order chi connectivity index (χ0) is 11.3. The van der Waals surface area contributed by atoms with E-state index in [4.69, 9.17) is 0 Å². The van der Waals surface area contributed by atoms with Crippen LogP contribution in [0.25, 0.3) is 0 Å². The third-order valence-corrected chi connectivity index (χ3v) is 2.70. The summed E-state index contributed by atoms with van der Waals surface area (Å²) in [5, 5.41) is 0. The van der Waals surface area contributed by atoms with Crippen LogP contribution in [0.4, 0.5) is 13.2 Å². The number of aromatic nitrogens is 1. The van der Waals surface area contributed by atoms with Crippen LogP contribution in [0.1, 0.15) is 30.7 Å². The monoisotopic (exact) mass is 215 g/mol. The standard InChI is InChI=1S/C11H12F3N/c1-10(2)4-7-3-8(11(12,13)14)6-15-9(7)5-10/h3,6H,4-5H2,1-2H3. The number of hydrogen-bond acceptors (Lipinski definition) is 1. The van der Waals surface area contributed by atoms with Gasteiger partial charge in [-0.25, -0.2) is 0 Å². The van der Waals surface area contributed by atoms with E-state index in [0.717, 1.165) is 23.9 Å². The van der Waals surface area contributed by atoms with Crippen molar-refractivity contribution in [2.45, 2.75) is 32.9 Å². The van der Waals surface area contributed by atoms with Crippen molar-refractivity contribution >= 4 is 0 Å². The van der Waals surface area contributed by atoms with Crippen LogP contribution < -0.4 is 0 Å². The lowest BCUT2D eigenvalue weighted by atomic mass is 9.90. The summed E-state index contributed by atoms with van der Waals surface area (Å²) in [6, 6.07) is 1.23. The molecule has 4 heteroatoms. The fourth-order valence-electron chi connectivity index (χ4n) is 2.04. The second-order valence-electron chi connectivity index (χ2n) is 4.85. The maximum atomic E-state index is 12.4. The summed E-state index contributed by atoms with van der Waals surface area (Å²) >= 11 is 0. The zero-order valence-electron chi connectivity index (χ0n) is 8.65. The van der Waals surface area contributed by atoms with Crippen molar-refractivity contribution in [2.75, 3.05) is 0 Å². The zero-order valence-corrected chi connectivity index (χ0v) is 8.65. The highest BCUT2D eigenvalue weighted by molar-refractivity contribution is 5.32. The molecular formula is C11H12F3N. The van der Waals surface area contributed by atoms with Crippen molar-refractivity contribution in [3.8, 4) is 0 Å². The van der Waals surface area contributed by atoms with Crippen LogP contribution in [-0.2, 0) is 19.0 Å². The minimum Gasteiger partial charge on any atom is -0.260 e.